The van der Waals surface area contributed by atoms with Gasteiger partial charge >= 0.3 is 6.09 Å². The lowest BCUT2D eigenvalue weighted by Gasteiger charge is -2.36. The van der Waals surface area contributed by atoms with Crippen molar-refractivity contribution < 1.29 is 42.6 Å². The van der Waals surface area contributed by atoms with Gasteiger partial charge < -0.3 is 30.7 Å². The smallest absolute Gasteiger partial charge is 0.405 e. The van der Waals surface area contributed by atoms with Gasteiger partial charge in [-0.2, -0.15) is 0 Å². The molecule has 0 bridgehead atoms. The molecule has 250 valence electrons. The molecule has 0 aromatic rings. The number of likely N-dealkylation sites (tertiary alicyclic amines) is 1. The summed E-state index contributed by atoms with van der Waals surface area (Å²) in [6.07, 6.45) is 2.14. The maximum atomic E-state index is 13.9. The molecule has 2 heterocycles. The normalized spacial score (nSPS) is 22.2. The van der Waals surface area contributed by atoms with Gasteiger partial charge in [0.25, 0.3) is 5.91 Å². The largest absolute Gasteiger partial charge is 0.465 e. The maximum absolute atomic E-state index is 13.9. The molecule has 3 atom stereocenters. The molecule has 4 N–H and O–H groups in total. The summed E-state index contributed by atoms with van der Waals surface area (Å²) in [6, 6.07) is -3.72. The Balaban J connectivity index is 1.79. The lowest BCUT2D eigenvalue weighted by Crippen LogP contribution is -2.59. The van der Waals surface area contributed by atoms with Gasteiger partial charge in [0, 0.05) is 39.1 Å². The van der Waals surface area contributed by atoms with E-state index < -0.39 is 71.9 Å². The van der Waals surface area contributed by atoms with Crippen molar-refractivity contribution in [2.24, 2.45) is 10.8 Å². The van der Waals surface area contributed by atoms with E-state index in [0.29, 0.717) is 46.2 Å². The van der Waals surface area contributed by atoms with Crippen LogP contribution in [-0.2, 0) is 23.9 Å². The van der Waals surface area contributed by atoms with Crippen LogP contribution in [0, 0.1) is 10.8 Å². The Morgan fingerprint density at radius 2 is 1.64 bits per heavy atom. The SMILES string of the molecule is CC(F)(F)CCC(NC(=O)[C@@H]1CC2(CCCCC2)CN1C(=O)C(NC(=O)O)C(C)(C)C)C(=O)C(=O)NCCN1CCOCC1. The number of carbonyl (C=O) groups excluding carboxylic acids is 4. The molecule has 3 fully saturated rings. The van der Waals surface area contributed by atoms with E-state index >= 15 is 0 Å². The molecule has 4 amide bonds. The van der Waals surface area contributed by atoms with Gasteiger partial charge in [0.15, 0.2) is 0 Å². The van der Waals surface area contributed by atoms with Crippen LogP contribution >= 0.6 is 0 Å². The van der Waals surface area contributed by atoms with Crippen molar-refractivity contribution in [3.8, 4) is 0 Å². The third-order valence-corrected chi connectivity index (χ3v) is 8.94. The number of halogens is 2. The third kappa shape index (κ3) is 10.1. The summed E-state index contributed by atoms with van der Waals surface area (Å²) in [5.41, 5.74) is -1.17. The topological polar surface area (TPSA) is 157 Å². The minimum absolute atomic E-state index is 0.160. The van der Waals surface area contributed by atoms with E-state index in [2.05, 4.69) is 20.9 Å². The standard InChI is InChI=1S/C30H49F2N5O7/c1-28(2,3)23(35-27(42)43)26(41)37-19-30(9-6-5-7-10-30)18-21(37)24(39)34-20(8-11-29(4,31)32)22(38)25(40)33-12-13-36-14-16-44-17-15-36/h20-21,23,35H,5-19H2,1-4H3,(H,33,40)(H,34,39)(H,42,43)/t20?,21-,23?/m0/s1. The molecule has 1 saturated carbocycles. The van der Waals surface area contributed by atoms with Crippen molar-refractivity contribution in [3.05, 3.63) is 0 Å². The van der Waals surface area contributed by atoms with E-state index in [-0.39, 0.29) is 18.5 Å². The minimum Gasteiger partial charge on any atom is -0.465 e. The molecule has 44 heavy (non-hydrogen) atoms. The van der Waals surface area contributed by atoms with E-state index in [0.717, 1.165) is 32.1 Å². The molecule has 2 saturated heterocycles. The van der Waals surface area contributed by atoms with Crippen LogP contribution < -0.4 is 16.0 Å². The Kier molecular flexibility index (Phi) is 12.1. The van der Waals surface area contributed by atoms with Gasteiger partial charge in [-0.25, -0.2) is 13.6 Å². The van der Waals surface area contributed by atoms with Gasteiger partial charge in [-0.05, 0) is 43.4 Å². The fourth-order valence-electron chi connectivity index (χ4n) is 6.46. The minimum atomic E-state index is -3.14. The number of Topliss-reactive ketones (excluding diaryl/α,β-unsaturated/α-hetero) is 1. The molecule has 2 aliphatic heterocycles. The van der Waals surface area contributed by atoms with Crippen molar-refractivity contribution in [2.45, 2.75) is 103 Å². The highest BCUT2D eigenvalue weighted by Crippen LogP contribution is 2.47. The first kappa shape index (κ1) is 35.6. The summed E-state index contributed by atoms with van der Waals surface area (Å²) in [5, 5.41) is 16.8. The Hall–Kier alpha value is -2.87. The average Bonchev–Trinajstić information content (AvgIpc) is 3.31. The van der Waals surface area contributed by atoms with Crippen LogP contribution in [0.4, 0.5) is 13.6 Å². The second-order valence-electron chi connectivity index (χ2n) is 13.7. The summed E-state index contributed by atoms with van der Waals surface area (Å²) in [7, 11) is 0. The molecule has 0 radical (unpaired) electrons. The van der Waals surface area contributed by atoms with Crippen LogP contribution in [0.5, 0.6) is 0 Å². The zero-order valence-corrected chi connectivity index (χ0v) is 26.4. The van der Waals surface area contributed by atoms with Gasteiger partial charge in [0.2, 0.25) is 23.5 Å². The van der Waals surface area contributed by atoms with Crippen molar-refractivity contribution in [1.82, 2.24) is 25.8 Å². The number of hydrogen-bond donors (Lipinski definition) is 4. The molecule has 1 aliphatic carbocycles. The van der Waals surface area contributed by atoms with E-state index in [9.17, 15) is 37.9 Å². The van der Waals surface area contributed by atoms with E-state index in [4.69, 9.17) is 4.74 Å². The number of amides is 4. The van der Waals surface area contributed by atoms with Crippen LogP contribution in [0.3, 0.4) is 0 Å². The van der Waals surface area contributed by atoms with Crippen LogP contribution in [-0.4, -0.2) is 114 Å². The monoisotopic (exact) mass is 629 g/mol. The van der Waals surface area contributed by atoms with Gasteiger partial charge in [-0.1, -0.05) is 40.0 Å². The summed E-state index contributed by atoms with van der Waals surface area (Å²) >= 11 is 0. The molecular formula is C30H49F2N5O7. The van der Waals surface area contributed by atoms with Gasteiger partial charge in [-0.15, -0.1) is 0 Å². The highest BCUT2D eigenvalue weighted by Gasteiger charge is 2.51. The fraction of sp³-hybridized carbons (Fsp3) is 0.833. The first-order valence-corrected chi connectivity index (χ1v) is 15.6. The number of nitrogens with zero attached hydrogens (tertiary/aromatic N) is 2. The number of hydrogen-bond acceptors (Lipinski definition) is 7. The number of morpholine rings is 1. The fourth-order valence-corrected chi connectivity index (χ4v) is 6.46. The Morgan fingerprint density at radius 1 is 1.00 bits per heavy atom. The Morgan fingerprint density at radius 3 is 2.20 bits per heavy atom. The Labute approximate surface area is 258 Å². The van der Waals surface area contributed by atoms with Crippen molar-refractivity contribution in [1.29, 1.82) is 0 Å². The lowest BCUT2D eigenvalue weighted by molar-refractivity contribution is -0.144. The third-order valence-electron chi connectivity index (χ3n) is 8.94. The van der Waals surface area contributed by atoms with Crippen molar-refractivity contribution in [3.63, 3.8) is 0 Å². The van der Waals surface area contributed by atoms with Crippen LogP contribution in [0.1, 0.15) is 79.1 Å². The predicted molar refractivity (Wildman–Crippen MR) is 157 cm³/mol. The predicted octanol–water partition coefficient (Wildman–Crippen LogP) is 2.16. The van der Waals surface area contributed by atoms with E-state index in [1.54, 1.807) is 20.8 Å². The molecule has 14 heteroatoms. The average molecular weight is 630 g/mol. The van der Waals surface area contributed by atoms with Crippen LogP contribution in [0.2, 0.25) is 0 Å². The number of rotatable bonds is 12. The zero-order chi connectivity index (χ0) is 32.7. The maximum Gasteiger partial charge on any atom is 0.405 e. The molecule has 0 aromatic heterocycles. The summed E-state index contributed by atoms with van der Waals surface area (Å²) < 4.78 is 33.0. The zero-order valence-electron chi connectivity index (χ0n) is 26.4. The first-order valence-electron chi connectivity index (χ1n) is 15.6. The second kappa shape index (κ2) is 14.9. The Bertz CT molecular complexity index is 1050. The van der Waals surface area contributed by atoms with Gasteiger partial charge in [-0.3, -0.25) is 24.1 Å². The molecule has 2 unspecified atom stereocenters. The summed E-state index contributed by atoms with van der Waals surface area (Å²) in [4.78, 5) is 68.7. The number of carboxylic acid groups (broad SMARTS) is 1. The van der Waals surface area contributed by atoms with E-state index in [1.165, 1.54) is 4.90 Å². The number of ether oxygens (including phenoxy) is 1. The number of alkyl halides is 2. The summed E-state index contributed by atoms with van der Waals surface area (Å²) in [6.45, 7) is 9.22. The number of carbonyl (C=O) groups is 5. The summed E-state index contributed by atoms with van der Waals surface area (Å²) in [5.74, 6) is -6.44. The van der Waals surface area contributed by atoms with Crippen molar-refractivity contribution in [2.75, 3.05) is 45.9 Å². The highest BCUT2D eigenvalue weighted by molar-refractivity contribution is 6.38. The number of ketones is 1. The first-order chi connectivity index (χ1) is 20.5. The van der Waals surface area contributed by atoms with Crippen LogP contribution in [0.15, 0.2) is 0 Å². The van der Waals surface area contributed by atoms with Gasteiger partial charge in [0.1, 0.15) is 12.1 Å². The van der Waals surface area contributed by atoms with E-state index in [1.807, 2.05) is 0 Å². The number of nitrogens with one attached hydrogen (secondary N) is 3. The molecular weight excluding hydrogens is 580 g/mol. The molecule has 0 aromatic carbocycles. The second-order valence-corrected chi connectivity index (χ2v) is 13.7. The highest BCUT2D eigenvalue weighted by atomic mass is 19.3. The molecule has 3 rings (SSSR count). The molecule has 12 nitrogen and oxygen atoms in total. The molecule has 1 spiro atoms. The quantitative estimate of drug-likeness (QED) is 0.239. The lowest BCUT2D eigenvalue weighted by atomic mass is 9.72. The van der Waals surface area contributed by atoms with Gasteiger partial charge in [0.05, 0.1) is 19.3 Å². The van der Waals surface area contributed by atoms with Crippen LogP contribution in [0.25, 0.3) is 0 Å². The molecule has 3 aliphatic rings. The van der Waals surface area contributed by atoms with Crippen molar-refractivity contribution >= 4 is 29.6 Å².